The van der Waals surface area contributed by atoms with Gasteiger partial charge in [-0.3, -0.25) is 14.9 Å². The van der Waals surface area contributed by atoms with Crippen LogP contribution in [0, 0.1) is 16.0 Å². The largest absolute Gasteiger partial charge is 0.345 e. The van der Waals surface area contributed by atoms with Crippen LogP contribution in [0.1, 0.15) is 49.0 Å². The van der Waals surface area contributed by atoms with E-state index in [1.54, 1.807) is 18.2 Å². The number of carbonyl (C=O) groups is 1. The van der Waals surface area contributed by atoms with Crippen LogP contribution in [0.15, 0.2) is 24.3 Å². The Hall–Kier alpha value is -2.37. The molecule has 0 radical (unpaired) electrons. The Morgan fingerprint density at radius 1 is 1.21 bits per heavy atom. The van der Waals surface area contributed by atoms with Crippen molar-refractivity contribution < 1.29 is 9.72 Å². The first-order chi connectivity index (χ1) is 11.6. The highest BCUT2D eigenvalue weighted by atomic mass is 16.6. The number of amides is 1. The predicted octanol–water partition coefficient (Wildman–Crippen LogP) is 3.87. The average Bonchev–Trinajstić information content (AvgIpc) is 3.04. The lowest BCUT2D eigenvalue weighted by Crippen LogP contribution is -2.49. The third-order valence-corrected chi connectivity index (χ3v) is 5.57. The maximum Gasteiger partial charge on any atom is 0.293 e. The summed E-state index contributed by atoms with van der Waals surface area (Å²) in [5, 5.41) is 11.9. The molecule has 6 heteroatoms. The van der Waals surface area contributed by atoms with E-state index in [1.165, 1.54) is 31.7 Å². The lowest BCUT2D eigenvalue weighted by atomic mass is 9.78. The molecule has 24 heavy (non-hydrogen) atoms. The van der Waals surface area contributed by atoms with E-state index in [9.17, 15) is 14.9 Å². The number of aromatic amines is 1. The minimum Gasteiger partial charge on any atom is -0.345 e. The summed E-state index contributed by atoms with van der Waals surface area (Å²) in [6.45, 7) is 0.789. The second kappa shape index (κ2) is 5.92. The average molecular weight is 327 g/mol. The number of benzene rings is 1. The number of hydrogen-bond acceptors (Lipinski definition) is 3. The predicted molar refractivity (Wildman–Crippen MR) is 91.0 cm³/mol. The van der Waals surface area contributed by atoms with Gasteiger partial charge in [0.15, 0.2) is 0 Å². The van der Waals surface area contributed by atoms with E-state index in [-0.39, 0.29) is 11.6 Å². The smallest absolute Gasteiger partial charge is 0.293 e. The molecule has 2 unspecified atom stereocenters. The summed E-state index contributed by atoms with van der Waals surface area (Å²) in [5.41, 5.74) is 0.911. The molecule has 1 aromatic carbocycles. The highest BCUT2D eigenvalue weighted by Gasteiger charge is 2.36. The molecule has 126 valence electrons. The Bertz CT molecular complexity index is 796. The van der Waals surface area contributed by atoms with Crippen LogP contribution in [-0.2, 0) is 0 Å². The van der Waals surface area contributed by atoms with Crippen LogP contribution in [-0.4, -0.2) is 33.3 Å². The van der Waals surface area contributed by atoms with Crippen LogP contribution in [0.3, 0.4) is 0 Å². The van der Waals surface area contributed by atoms with Crippen LogP contribution in [0.5, 0.6) is 0 Å². The Labute approximate surface area is 140 Å². The van der Waals surface area contributed by atoms with Crippen LogP contribution >= 0.6 is 0 Å². The summed E-state index contributed by atoms with van der Waals surface area (Å²) >= 11 is 0. The number of rotatable bonds is 2. The molecular weight excluding hydrogens is 306 g/mol. The summed E-state index contributed by atoms with van der Waals surface area (Å²) in [4.78, 5) is 28.8. The Kier molecular flexibility index (Phi) is 3.75. The molecule has 1 saturated heterocycles. The number of aromatic nitrogens is 1. The molecule has 1 aromatic heterocycles. The third kappa shape index (κ3) is 2.46. The van der Waals surface area contributed by atoms with Gasteiger partial charge in [0.05, 0.1) is 4.92 Å². The third-order valence-electron chi connectivity index (χ3n) is 5.57. The van der Waals surface area contributed by atoms with Crippen molar-refractivity contribution >= 4 is 22.5 Å². The molecule has 1 saturated carbocycles. The number of nitrogens with zero attached hydrogens (tertiary/aromatic N) is 2. The highest BCUT2D eigenvalue weighted by Crippen LogP contribution is 2.36. The van der Waals surface area contributed by atoms with Crippen molar-refractivity contribution in [3.05, 3.63) is 40.1 Å². The molecule has 1 amide bonds. The fraction of sp³-hybridized carbons (Fsp3) is 0.500. The first-order valence-corrected chi connectivity index (χ1v) is 8.72. The van der Waals surface area contributed by atoms with Crippen molar-refractivity contribution in [3.8, 4) is 0 Å². The van der Waals surface area contributed by atoms with Gasteiger partial charge in [0.2, 0.25) is 0 Å². The van der Waals surface area contributed by atoms with Crippen molar-refractivity contribution in [1.29, 1.82) is 0 Å². The van der Waals surface area contributed by atoms with Crippen molar-refractivity contribution in [2.24, 2.45) is 5.92 Å². The zero-order valence-electron chi connectivity index (χ0n) is 13.5. The maximum absolute atomic E-state index is 13.0. The van der Waals surface area contributed by atoms with Gasteiger partial charge < -0.3 is 9.88 Å². The number of carbonyl (C=O) groups excluding carboxylic acids is 1. The second-order valence-corrected chi connectivity index (χ2v) is 6.93. The van der Waals surface area contributed by atoms with E-state index in [0.717, 1.165) is 19.4 Å². The second-order valence-electron chi connectivity index (χ2n) is 6.93. The molecule has 1 aliphatic carbocycles. The molecule has 4 rings (SSSR count). The Morgan fingerprint density at radius 3 is 2.83 bits per heavy atom. The highest BCUT2D eigenvalue weighted by molar-refractivity contribution is 6.00. The summed E-state index contributed by atoms with van der Waals surface area (Å²) < 4.78 is 0. The fourth-order valence-electron chi connectivity index (χ4n) is 4.44. The van der Waals surface area contributed by atoms with E-state index in [1.807, 2.05) is 4.90 Å². The van der Waals surface area contributed by atoms with Gasteiger partial charge in [0, 0.05) is 24.0 Å². The number of H-pyrrole nitrogens is 1. The molecule has 2 fully saturated rings. The Balaban J connectivity index is 1.68. The number of piperidine rings is 1. The number of nitro benzene ring substituents is 1. The minimum atomic E-state index is -0.412. The summed E-state index contributed by atoms with van der Waals surface area (Å²) in [6, 6.07) is 7.00. The van der Waals surface area contributed by atoms with E-state index in [0.29, 0.717) is 28.6 Å². The first-order valence-electron chi connectivity index (χ1n) is 8.72. The molecular formula is C18H21N3O3. The van der Waals surface area contributed by atoms with Crippen molar-refractivity contribution in [3.63, 3.8) is 0 Å². The monoisotopic (exact) mass is 327 g/mol. The molecule has 2 aliphatic rings. The lowest BCUT2D eigenvalue weighted by Gasteiger charge is -2.44. The zero-order valence-corrected chi connectivity index (χ0v) is 13.5. The van der Waals surface area contributed by atoms with Gasteiger partial charge >= 0.3 is 0 Å². The van der Waals surface area contributed by atoms with Gasteiger partial charge in [-0.2, -0.15) is 0 Å². The van der Waals surface area contributed by atoms with Crippen LogP contribution < -0.4 is 0 Å². The number of likely N-dealkylation sites (tertiary alicyclic amines) is 1. The van der Waals surface area contributed by atoms with E-state index < -0.39 is 4.92 Å². The maximum atomic E-state index is 13.0. The molecule has 0 bridgehead atoms. The van der Waals surface area contributed by atoms with E-state index in [4.69, 9.17) is 0 Å². The molecule has 6 nitrogen and oxygen atoms in total. The van der Waals surface area contributed by atoms with Gasteiger partial charge in [0.25, 0.3) is 11.6 Å². The normalized spacial score (nSPS) is 23.9. The van der Waals surface area contributed by atoms with Gasteiger partial charge in [0.1, 0.15) is 11.2 Å². The van der Waals surface area contributed by atoms with Crippen LogP contribution in [0.4, 0.5) is 5.69 Å². The molecule has 1 aliphatic heterocycles. The molecule has 2 aromatic rings. The first kappa shape index (κ1) is 15.2. The van der Waals surface area contributed by atoms with Gasteiger partial charge in [-0.25, -0.2) is 0 Å². The molecule has 1 N–H and O–H groups in total. The quantitative estimate of drug-likeness (QED) is 0.671. The van der Waals surface area contributed by atoms with Crippen molar-refractivity contribution in [1.82, 2.24) is 9.88 Å². The zero-order chi connectivity index (χ0) is 16.7. The van der Waals surface area contributed by atoms with Gasteiger partial charge in [-0.15, -0.1) is 0 Å². The van der Waals surface area contributed by atoms with E-state index in [2.05, 4.69) is 4.98 Å². The number of non-ortho nitro benzene ring substituents is 1. The van der Waals surface area contributed by atoms with Gasteiger partial charge in [-0.05, 0) is 37.7 Å². The van der Waals surface area contributed by atoms with Crippen molar-refractivity contribution in [2.45, 2.75) is 44.6 Å². The summed E-state index contributed by atoms with van der Waals surface area (Å²) in [6.07, 6.45) is 7.01. The van der Waals surface area contributed by atoms with Crippen molar-refractivity contribution in [2.75, 3.05) is 6.54 Å². The molecule has 2 atom stereocenters. The summed E-state index contributed by atoms with van der Waals surface area (Å²) in [5.74, 6) is 0.604. The number of nitro groups is 1. The molecule has 0 spiro atoms. The lowest BCUT2D eigenvalue weighted by molar-refractivity contribution is -0.383. The number of para-hydroxylation sites is 1. The van der Waals surface area contributed by atoms with Crippen LogP contribution in [0.25, 0.3) is 10.9 Å². The standard InChI is InChI=1S/C18H21N3O3/c22-18(20-10-4-7-12-5-1-2-8-15(12)20)14-11-13-6-3-9-16(21(23)24)17(13)19-14/h3,6,9,11-12,15,19H,1-2,4-5,7-8,10H2. The SMILES string of the molecule is O=C(c1cc2cccc([N+](=O)[O-])c2[nH]1)N1CCCC2CCCCC21. The minimum absolute atomic E-state index is 0.0146. The molecule has 2 heterocycles. The number of hydrogen-bond donors (Lipinski definition) is 1. The topological polar surface area (TPSA) is 79.2 Å². The van der Waals surface area contributed by atoms with Gasteiger partial charge in [-0.1, -0.05) is 25.0 Å². The van der Waals surface area contributed by atoms with E-state index >= 15 is 0 Å². The van der Waals surface area contributed by atoms with Crippen LogP contribution in [0.2, 0.25) is 0 Å². The fourth-order valence-corrected chi connectivity index (χ4v) is 4.44. The number of fused-ring (bicyclic) bond motifs is 2. The Morgan fingerprint density at radius 2 is 2.00 bits per heavy atom. The summed E-state index contributed by atoms with van der Waals surface area (Å²) in [7, 11) is 0. The number of nitrogens with one attached hydrogen (secondary N) is 1.